The topological polar surface area (TPSA) is 131 Å². The number of rotatable bonds is 33. The van der Waals surface area contributed by atoms with Crippen LogP contribution in [0.4, 0.5) is 0 Å². The Hall–Kier alpha value is -1.80. The number of unbranched alkanes of at least 4 members (excludes halogenated alkanes) is 4. The fourth-order valence-corrected chi connectivity index (χ4v) is 34.2. The van der Waals surface area contributed by atoms with Gasteiger partial charge in [-0.15, -0.1) is 12.0 Å². The van der Waals surface area contributed by atoms with Crippen LogP contribution in [0.2, 0.25) is 38.3 Å². The van der Waals surface area contributed by atoms with E-state index in [0.29, 0.717) is 6.04 Å². The molecule has 4 aromatic carbocycles. The van der Waals surface area contributed by atoms with Crippen LogP contribution in [0.15, 0.2) is 121 Å². The summed E-state index contributed by atoms with van der Waals surface area (Å²) in [4.78, 5) is 12.4. The minimum absolute atomic E-state index is 0.492. The molecule has 0 bridgehead atoms. The first-order valence-corrected chi connectivity index (χ1v) is 40.4. The lowest BCUT2D eigenvalue weighted by Gasteiger charge is -2.41. The van der Waals surface area contributed by atoms with Gasteiger partial charge in [0.1, 0.15) is 0 Å². The molecule has 23 heteroatoms. The quantitative estimate of drug-likeness (QED) is 0.0288. The largest absolute Gasteiger partial charge is 0.727 e. The van der Waals surface area contributed by atoms with Gasteiger partial charge in [-0.05, 0) is 101 Å². The van der Waals surface area contributed by atoms with Crippen molar-refractivity contribution in [2.24, 2.45) is 0 Å². The molecule has 0 aliphatic rings. The van der Waals surface area contributed by atoms with Crippen molar-refractivity contribution < 1.29 is 55.7 Å². The number of hydrogen-bond donors (Lipinski definition) is 1. The first-order valence-electron chi connectivity index (χ1n) is 22.6. The van der Waals surface area contributed by atoms with Gasteiger partial charge in [0.05, 0.1) is 0 Å². The maximum atomic E-state index is 12.4. The third-order valence-corrected chi connectivity index (χ3v) is 37.1. The van der Waals surface area contributed by atoms with Crippen molar-refractivity contribution in [3.8, 4) is 12.0 Å². The number of hydrogen-bond acceptors (Lipinski definition) is 13. The highest BCUT2D eigenvalue weighted by Gasteiger charge is 2.70. The van der Waals surface area contributed by atoms with E-state index in [1.54, 1.807) is 0 Å². The molecule has 68 heavy (non-hydrogen) atoms. The van der Waals surface area contributed by atoms with Crippen molar-refractivity contribution in [1.29, 1.82) is 0 Å². The second kappa shape index (κ2) is 29.0. The molecule has 370 valence electrons. The van der Waals surface area contributed by atoms with Gasteiger partial charge in [0.15, 0.2) is 16.6 Å². The molecule has 0 amide bonds. The van der Waals surface area contributed by atoms with Crippen LogP contribution in [0.1, 0.15) is 38.5 Å². The summed E-state index contributed by atoms with van der Waals surface area (Å²) in [6.07, 6.45) is 7.87. The van der Waals surface area contributed by atoms with Crippen LogP contribution in [0, 0.1) is 12.0 Å². The Balaban J connectivity index is 1.49. The number of benzene rings is 4. The highest BCUT2D eigenvalue weighted by atomic mass is 31.1. The molecule has 2 unspecified atom stereocenters. The first-order chi connectivity index (χ1) is 32.6. The molecular formula is C45H70O13P2Si8. The zero-order chi connectivity index (χ0) is 49.6. The second-order valence-electron chi connectivity index (χ2n) is 16.8. The molecule has 0 spiro atoms. The molecule has 4 rings (SSSR count). The van der Waals surface area contributed by atoms with E-state index in [1.807, 2.05) is 26.2 Å². The summed E-state index contributed by atoms with van der Waals surface area (Å²) in [5.41, 5.74) is 0. The lowest BCUT2D eigenvalue weighted by atomic mass is 10.3. The summed E-state index contributed by atoms with van der Waals surface area (Å²) in [6, 6.07) is 56.4. The highest BCUT2D eigenvalue weighted by molar-refractivity contribution is 7.73. The summed E-state index contributed by atoms with van der Waals surface area (Å²) < 4.78 is 73.7. The van der Waals surface area contributed by atoms with Crippen molar-refractivity contribution in [2.45, 2.75) is 76.8 Å². The third kappa shape index (κ3) is 18.7. The smallest absolute Gasteiger partial charge is 0.496 e. The van der Waals surface area contributed by atoms with Crippen molar-refractivity contribution in [3.05, 3.63) is 121 Å². The molecule has 0 aromatic heterocycles. The van der Waals surface area contributed by atoms with E-state index in [-0.39, 0.29) is 0 Å². The molecule has 13 nitrogen and oxygen atoms in total. The molecule has 0 saturated heterocycles. The van der Waals surface area contributed by atoms with Crippen molar-refractivity contribution in [2.75, 3.05) is 47.9 Å². The molecular weight excluding hydrogens is 1040 g/mol. The van der Waals surface area contributed by atoms with Gasteiger partial charge in [0, 0.05) is 35.5 Å². The van der Waals surface area contributed by atoms with Crippen LogP contribution in [0.5, 0.6) is 0 Å². The SMILES string of the molecule is C#[Si]O[Si](OC)(O[Si](C)(C)CCCCCP(c1ccccc1)c1ccccc1)O[Si@](O)(OC)O[Si](O[Si]#C)(O[Si](C)(C)CCCCCP(c1ccccc1)c1ccccc1)O[Si](OC)(OC)OC. The van der Waals surface area contributed by atoms with E-state index in [9.17, 15) is 4.80 Å². The minimum Gasteiger partial charge on any atom is -0.496 e. The zero-order valence-corrected chi connectivity index (χ0v) is 50.8. The van der Waals surface area contributed by atoms with Gasteiger partial charge < -0.3 is 55.7 Å². The third-order valence-electron chi connectivity index (χ3n) is 10.8. The van der Waals surface area contributed by atoms with Gasteiger partial charge in [0.25, 0.3) is 0 Å². The van der Waals surface area contributed by atoms with E-state index in [4.69, 9.17) is 62.9 Å². The normalized spacial score (nSPS) is 14.9. The van der Waals surface area contributed by atoms with Gasteiger partial charge in [-0.25, -0.2) is 0 Å². The summed E-state index contributed by atoms with van der Waals surface area (Å²) in [5, 5.41) is 5.44. The maximum Gasteiger partial charge on any atom is 0.727 e. The summed E-state index contributed by atoms with van der Waals surface area (Å²) in [6.45, 7) is 8.13. The lowest BCUT2D eigenvalue weighted by Crippen LogP contribution is -2.71. The Morgan fingerprint density at radius 1 is 0.412 bits per heavy atom. The molecule has 0 heterocycles. The summed E-state index contributed by atoms with van der Waals surface area (Å²) >= 11 is 0. The summed E-state index contributed by atoms with van der Waals surface area (Å²) in [5.74, 6) is 0. The van der Waals surface area contributed by atoms with Crippen molar-refractivity contribution >= 4 is 108 Å². The van der Waals surface area contributed by atoms with Gasteiger partial charge in [-0.2, -0.15) is 0 Å². The molecule has 0 fully saturated rings. The Kier molecular flexibility index (Phi) is 25.1. The lowest BCUT2D eigenvalue weighted by molar-refractivity contribution is -0.0232. The maximum absolute atomic E-state index is 12.4. The molecule has 1 N–H and O–H groups in total. The van der Waals surface area contributed by atoms with E-state index < -0.39 is 87.1 Å². The Morgan fingerprint density at radius 2 is 0.735 bits per heavy atom. The average Bonchev–Trinajstić information content (AvgIpc) is 3.34. The molecule has 0 radical (unpaired) electrons. The van der Waals surface area contributed by atoms with Gasteiger partial charge in [0.2, 0.25) is 18.4 Å². The molecule has 4 aromatic rings. The van der Waals surface area contributed by atoms with Crippen LogP contribution >= 0.6 is 15.8 Å². The second-order valence-corrected chi connectivity index (χ2v) is 41.8. The fraction of sp³-hybridized carbons (Fsp3) is 0.422. The Bertz CT molecular complexity index is 2040. The first kappa shape index (κ1) is 58.8. The van der Waals surface area contributed by atoms with Gasteiger partial charge >= 0.3 is 36.2 Å². The monoisotopic (exact) mass is 1100 g/mol. The van der Waals surface area contributed by atoms with Crippen LogP contribution in [-0.2, 0) is 50.9 Å². The van der Waals surface area contributed by atoms with Crippen LogP contribution in [0.3, 0.4) is 0 Å². The van der Waals surface area contributed by atoms with Crippen LogP contribution in [-0.4, -0.2) is 124 Å². The van der Waals surface area contributed by atoms with Crippen molar-refractivity contribution in [1.82, 2.24) is 0 Å². The average molecular weight is 1110 g/mol. The Morgan fingerprint density at radius 3 is 1.06 bits per heavy atom. The predicted molar refractivity (Wildman–Crippen MR) is 289 cm³/mol. The molecule has 0 aliphatic heterocycles. The summed E-state index contributed by atoms with van der Waals surface area (Å²) in [7, 11) is -19.2. The molecule has 3 atom stereocenters. The van der Waals surface area contributed by atoms with Crippen LogP contribution in [0.25, 0.3) is 0 Å². The van der Waals surface area contributed by atoms with Crippen LogP contribution < -0.4 is 21.2 Å². The van der Waals surface area contributed by atoms with Gasteiger partial charge in [-0.3, -0.25) is 0 Å². The zero-order valence-electron chi connectivity index (χ0n) is 41.0. The standard InChI is InChI=1S/C45H70O13P2Si8/c1-47-65(46,56-67(51-5,52-61-6)54-63(8,9)40-28-16-26-38-59(42-30-18-12-19-31-42)43-32-20-13-21-33-43)57-68(53-62-7,58-66(48-2,49-3)50-4)55-64(10,11)41-29-17-27-39-60(44-34-22-14-23-35-44)45-36-24-15-25-37-45/h6-7,12-15,18-25,30-37,46H,16-17,26-29,38-41H2,1-5,8-11H3/t65-,67?,68?/m0/s1. The predicted octanol–water partition coefficient (Wildman–Crippen LogP) is 7.50. The molecule has 0 aliphatic carbocycles. The van der Waals surface area contributed by atoms with E-state index >= 15 is 0 Å². The highest BCUT2D eigenvalue weighted by Crippen LogP contribution is 2.37. The van der Waals surface area contributed by atoms with E-state index in [2.05, 4.69) is 121 Å². The molecule has 0 saturated carbocycles. The van der Waals surface area contributed by atoms with Gasteiger partial charge in [-0.1, -0.05) is 147 Å². The van der Waals surface area contributed by atoms with E-state index in [1.165, 1.54) is 56.8 Å². The van der Waals surface area contributed by atoms with E-state index in [0.717, 1.165) is 56.9 Å². The Labute approximate surface area is 419 Å². The fourth-order valence-electron chi connectivity index (χ4n) is 7.42. The van der Waals surface area contributed by atoms with Crippen molar-refractivity contribution in [3.63, 3.8) is 0 Å². The minimum atomic E-state index is -4.99.